The van der Waals surface area contributed by atoms with Gasteiger partial charge in [-0.05, 0) is 36.6 Å². The van der Waals surface area contributed by atoms with E-state index in [0.29, 0.717) is 38.9 Å². The van der Waals surface area contributed by atoms with Crippen LogP contribution in [0.25, 0.3) is 11.3 Å². The van der Waals surface area contributed by atoms with Crippen molar-refractivity contribution < 1.29 is 46.1 Å². The van der Waals surface area contributed by atoms with Crippen LogP contribution >= 0.6 is 0 Å². The molecule has 2 amide bonds. The van der Waals surface area contributed by atoms with Gasteiger partial charge in [0.15, 0.2) is 11.6 Å². The SMILES string of the molecule is Cc1c(C#N)ncnc1-c1cc(C(F)(F)F)ccc1NC(=O)C1=C(O)C(C(C)(C)C)N(C)N(Cc2ccc(OCCN3CCOCC3)c(F)c2F)C1=O. The lowest BCUT2D eigenvalue weighted by Gasteiger charge is -2.46. The van der Waals surface area contributed by atoms with E-state index in [-0.39, 0.29) is 46.1 Å². The first kappa shape index (κ1) is 39.0. The number of nitrogens with one attached hydrogen (secondary N) is 1. The summed E-state index contributed by atoms with van der Waals surface area (Å²) in [6.07, 6.45) is -3.80. The normalized spacial score (nSPS) is 17.6. The fourth-order valence-corrected chi connectivity index (χ4v) is 6.32. The maximum absolute atomic E-state index is 15.5. The van der Waals surface area contributed by atoms with Crippen LogP contribution in [-0.2, 0) is 27.0 Å². The Morgan fingerprint density at radius 2 is 1.81 bits per heavy atom. The minimum atomic E-state index is -4.79. The molecular weight excluding hydrogens is 705 g/mol. The molecule has 1 aromatic heterocycles. The molecule has 0 saturated carbocycles. The van der Waals surface area contributed by atoms with Crippen LogP contribution in [-0.4, -0.2) is 94.4 Å². The second-order valence-corrected chi connectivity index (χ2v) is 13.6. The minimum Gasteiger partial charge on any atom is -0.509 e. The van der Waals surface area contributed by atoms with Gasteiger partial charge in [-0.2, -0.15) is 22.8 Å². The molecule has 12 nitrogen and oxygen atoms in total. The van der Waals surface area contributed by atoms with Gasteiger partial charge < -0.3 is 19.9 Å². The Bertz CT molecular complexity index is 1970. The number of carbonyl (C=O) groups excluding carboxylic acids is 2. The van der Waals surface area contributed by atoms with Gasteiger partial charge in [0.1, 0.15) is 36.0 Å². The number of likely N-dealkylation sites (N-methyl/N-ethyl adjacent to an activating group) is 1. The van der Waals surface area contributed by atoms with E-state index in [1.54, 1.807) is 20.8 Å². The third-order valence-corrected chi connectivity index (χ3v) is 9.02. The molecule has 1 atom stereocenters. The van der Waals surface area contributed by atoms with Crippen molar-refractivity contribution in [3.63, 3.8) is 0 Å². The standard InChI is InChI=1S/C36H38F5N7O5/c1-20-25(17-42)43-19-44-30(20)23-16-22(36(39,40)41)7-8-24(23)45-33(50)27-31(49)32(35(2,3)4)46(5)48(34(27)51)18-21-6-9-26(29(38)28(21)37)53-15-12-47-10-13-52-14-11-47/h6-9,16,19,32,49H,10-15,18H2,1-5H3,(H,45,50). The quantitative estimate of drug-likeness (QED) is 0.217. The molecule has 0 spiro atoms. The Labute approximate surface area is 302 Å². The monoisotopic (exact) mass is 743 g/mol. The summed E-state index contributed by atoms with van der Waals surface area (Å²) in [5.74, 6) is -5.80. The number of hydrazine groups is 1. The number of halogens is 5. The lowest BCUT2D eigenvalue weighted by Crippen LogP contribution is -2.59. The molecule has 2 N–H and O–H groups in total. The number of aromatic nitrogens is 2. The number of nitriles is 1. The number of hydrogen-bond donors (Lipinski definition) is 2. The summed E-state index contributed by atoms with van der Waals surface area (Å²) in [6, 6.07) is 5.68. The second-order valence-electron chi connectivity index (χ2n) is 13.6. The zero-order chi connectivity index (χ0) is 38.8. The summed E-state index contributed by atoms with van der Waals surface area (Å²) in [4.78, 5) is 37.9. The molecule has 1 saturated heterocycles. The van der Waals surface area contributed by atoms with E-state index in [0.717, 1.165) is 23.5 Å². The lowest BCUT2D eigenvalue weighted by atomic mass is 9.82. The average molecular weight is 744 g/mol. The Hall–Kier alpha value is -5.18. The van der Waals surface area contributed by atoms with E-state index >= 15 is 8.78 Å². The van der Waals surface area contributed by atoms with Crippen molar-refractivity contribution in [2.45, 2.75) is 46.5 Å². The maximum atomic E-state index is 15.5. The molecule has 0 bridgehead atoms. The first-order valence-electron chi connectivity index (χ1n) is 16.6. The van der Waals surface area contributed by atoms with Crippen molar-refractivity contribution in [1.29, 1.82) is 5.26 Å². The van der Waals surface area contributed by atoms with Gasteiger partial charge in [-0.3, -0.25) is 19.5 Å². The van der Waals surface area contributed by atoms with E-state index in [2.05, 4.69) is 20.2 Å². The number of nitrogens with zero attached hydrogens (tertiary/aromatic N) is 6. The zero-order valence-corrected chi connectivity index (χ0v) is 29.6. The molecule has 17 heteroatoms. The third-order valence-electron chi connectivity index (χ3n) is 9.02. The van der Waals surface area contributed by atoms with E-state index in [9.17, 15) is 33.1 Å². The number of amides is 2. The fraction of sp³-hybridized carbons (Fsp3) is 0.417. The topological polar surface area (TPSA) is 144 Å². The molecule has 0 aliphatic carbocycles. The van der Waals surface area contributed by atoms with Crippen molar-refractivity contribution in [3.05, 3.63) is 82.0 Å². The number of morpholine rings is 1. The largest absolute Gasteiger partial charge is 0.509 e. The van der Waals surface area contributed by atoms with E-state index in [1.165, 1.54) is 31.1 Å². The summed E-state index contributed by atoms with van der Waals surface area (Å²) in [5, 5.41) is 25.6. The predicted octanol–water partition coefficient (Wildman–Crippen LogP) is 5.39. The average Bonchev–Trinajstić information content (AvgIpc) is 3.09. The predicted molar refractivity (Wildman–Crippen MR) is 181 cm³/mol. The highest BCUT2D eigenvalue weighted by Gasteiger charge is 2.46. The van der Waals surface area contributed by atoms with E-state index in [1.807, 2.05) is 6.07 Å². The smallest absolute Gasteiger partial charge is 0.416 e. The number of rotatable bonds is 9. The molecule has 282 valence electrons. The maximum Gasteiger partial charge on any atom is 0.416 e. The van der Waals surface area contributed by atoms with Crippen LogP contribution in [0.3, 0.4) is 0 Å². The highest BCUT2D eigenvalue weighted by Crippen LogP contribution is 2.39. The molecule has 2 aliphatic rings. The Morgan fingerprint density at radius 1 is 1.11 bits per heavy atom. The van der Waals surface area contributed by atoms with E-state index < -0.39 is 64.5 Å². The highest BCUT2D eigenvalue weighted by molar-refractivity contribution is 6.24. The number of carbonyl (C=O) groups is 2. The number of alkyl halides is 3. The molecule has 1 fully saturated rings. The van der Waals surface area contributed by atoms with Gasteiger partial charge in [0.05, 0.1) is 42.7 Å². The third kappa shape index (κ3) is 8.24. The summed E-state index contributed by atoms with van der Waals surface area (Å²) in [7, 11) is 1.44. The van der Waals surface area contributed by atoms with Gasteiger partial charge in [0.2, 0.25) is 5.82 Å². The number of anilines is 1. The van der Waals surface area contributed by atoms with Gasteiger partial charge in [-0.25, -0.2) is 19.4 Å². The number of aliphatic hydroxyl groups is 1. The Balaban J connectivity index is 1.47. The molecule has 3 aromatic rings. The van der Waals surface area contributed by atoms with Crippen LogP contribution in [0, 0.1) is 35.3 Å². The summed E-state index contributed by atoms with van der Waals surface area (Å²) >= 11 is 0. The van der Waals surface area contributed by atoms with E-state index in [4.69, 9.17) is 9.47 Å². The Morgan fingerprint density at radius 3 is 2.45 bits per heavy atom. The molecule has 2 aromatic carbocycles. The van der Waals surface area contributed by atoms with Crippen LogP contribution in [0.4, 0.5) is 27.6 Å². The van der Waals surface area contributed by atoms with Gasteiger partial charge in [0, 0.05) is 43.4 Å². The lowest BCUT2D eigenvalue weighted by molar-refractivity contribution is -0.158. The van der Waals surface area contributed by atoms with Crippen LogP contribution in [0.15, 0.2) is 48.0 Å². The van der Waals surface area contributed by atoms with Crippen molar-refractivity contribution in [3.8, 4) is 23.1 Å². The number of ether oxygens (including phenoxy) is 2. The van der Waals surface area contributed by atoms with Crippen LogP contribution in [0.1, 0.15) is 43.2 Å². The van der Waals surface area contributed by atoms with Crippen molar-refractivity contribution >= 4 is 17.5 Å². The number of hydrogen-bond acceptors (Lipinski definition) is 10. The molecule has 53 heavy (non-hydrogen) atoms. The van der Waals surface area contributed by atoms with Crippen molar-refractivity contribution in [2.24, 2.45) is 5.41 Å². The van der Waals surface area contributed by atoms with Crippen molar-refractivity contribution in [2.75, 3.05) is 51.8 Å². The zero-order valence-electron chi connectivity index (χ0n) is 29.6. The van der Waals surface area contributed by atoms with Gasteiger partial charge in [-0.15, -0.1) is 0 Å². The fourth-order valence-electron chi connectivity index (χ4n) is 6.32. The molecule has 5 rings (SSSR count). The van der Waals surface area contributed by atoms with Crippen LogP contribution < -0.4 is 10.1 Å². The first-order valence-corrected chi connectivity index (χ1v) is 16.6. The highest BCUT2D eigenvalue weighted by atomic mass is 19.4. The number of benzene rings is 2. The van der Waals surface area contributed by atoms with Gasteiger partial charge in [-0.1, -0.05) is 26.8 Å². The van der Waals surface area contributed by atoms with Crippen LogP contribution in [0.2, 0.25) is 0 Å². The molecule has 2 aliphatic heterocycles. The second kappa shape index (κ2) is 15.4. The molecule has 3 heterocycles. The number of aliphatic hydroxyl groups excluding tert-OH is 1. The Kier molecular flexibility index (Phi) is 11.4. The summed E-state index contributed by atoms with van der Waals surface area (Å²) in [5.41, 5.74) is -3.50. The van der Waals surface area contributed by atoms with Gasteiger partial charge >= 0.3 is 6.18 Å². The summed E-state index contributed by atoms with van der Waals surface area (Å²) in [6.45, 7) is 9.09. The summed E-state index contributed by atoms with van der Waals surface area (Å²) < 4.78 is 83.0. The molecule has 0 radical (unpaired) electrons. The first-order chi connectivity index (χ1) is 24.9. The van der Waals surface area contributed by atoms with Crippen molar-refractivity contribution in [1.82, 2.24) is 24.9 Å². The minimum absolute atomic E-state index is 0.0916. The molecule has 1 unspecified atom stereocenters. The van der Waals surface area contributed by atoms with Crippen LogP contribution in [0.5, 0.6) is 5.75 Å². The molecular formula is C36H38F5N7O5. The van der Waals surface area contributed by atoms with Gasteiger partial charge in [0.25, 0.3) is 11.8 Å².